The van der Waals surface area contributed by atoms with E-state index in [1.807, 2.05) is 13.1 Å². The van der Waals surface area contributed by atoms with E-state index in [4.69, 9.17) is 10.5 Å². The van der Waals surface area contributed by atoms with Gasteiger partial charge in [-0.3, -0.25) is 0 Å². The molecule has 1 fully saturated rings. The summed E-state index contributed by atoms with van der Waals surface area (Å²) in [6.07, 6.45) is 1.49. The van der Waals surface area contributed by atoms with Crippen LogP contribution in [0.1, 0.15) is 18.4 Å². The number of aliphatic hydroxyl groups excluding tert-OH is 1. The Morgan fingerprint density at radius 2 is 1.86 bits per heavy atom. The maximum Gasteiger partial charge on any atom is 0.333 e. The van der Waals surface area contributed by atoms with Crippen LogP contribution in [0.2, 0.25) is 0 Å². The van der Waals surface area contributed by atoms with Crippen LogP contribution in [0.15, 0.2) is 30.3 Å². The number of ether oxygens (including phenoxy) is 1. The van der Waals surface area contributed by atoms with E-state index in [2.05, 4.69) is 4.90 Å². The van der Waals surface area contributed by atoms with Crippen LogP contribution in [-0.2, 0) is 15.1 Å². The number of halogens is 2. The smallest absolute Gasteiger partial charge is 0.333 e. The fourth-order valence-corrected chi connectivity index (χ4v) is 2.37. The molecule has 1 aliphatic heterocycles. The van der Waals surface area contributed by atoms with E-state index in [1.54, 1.807) is 24.3 Å². The van der Waals surface area contributed by atoms with Gasteiger partial charge in [-0.1, -0.05) is 30.3 Å². The molecular formula is C15H24Cl2N2O3. The second-order valence-corrected chi connectivity index (χ2v) is 5.40. The third-order valence-corrected chi connectivity index (χ3v) is 3.84. The first-order valence-corrected chi connectivity index (χ1v) is 6.91. The summed E-state index contributed by atoms with van der Waals surface area (Å²) in [5.41, 5.74) is 5.16. The Balaban J connectivity index is 0.00000220. The molecule has 1 heterocycles. The molecule has 3 N–H and O–H groups in total. The van der Waals surface area contributed by atoms with Gasteiger partial charge in [0.1, 0.15) is 6.10 Å². The van der Waals surface area contributed by atoms with Crippen LogP contribution >= 0.6 is 24.8 Å². The first kappa shape index (κ1) is 21.1. The van der Waals surface area contributed by atoms with Crippen LogP contribution in [0.3, 0.4) is 0 Å². The third-order valence-electron chi connectivity index (χ3n) is 3.84. The van der Waals surface area contributed by atoms with E-state index in [-0.39, 0.29) is 30.9 Å². The number of hydrogen-bond acceptors (Lipinski definition) is 5. The highest BCUT2D eigenvalue weighted by atomic mass is 35.5. The fourth-order valence-electron chi connectivity index (χ4n) is 2.37. The number of nitrogens with zero attached hydrogens (tertiary/aromatic N) is 1. The van der Waals surface area contributed by atoms with Crippen molar-refractivity contribution in [2.24, 2.45) is 5.73 Å². The standard InChI is InChI=1S/C15H22N2O3.2ClH/c1-17-9-7-13(8-10-17)20-14(19)15(16,11-18)12-5-3-2-4-6-12;;/h2-6,13,18H,7-11,16H2,1H3;2*1H. The number of carbonyl (C=O) groups is 1. The lowest BCUT2D eigenvalue weighted by Gasteiger charge is -2.32. The summed E-state index contributed by atoms with van der Waals surface area (Å²) in [6.45, 7) is 1.34. The minimum atomic E-state index is -1.48. The quantitative estimate of drug-likeness (QED) is 0.800. The number of piperidine rings is 1. The maximum absolute atomic E-state index is 12.3. The molecule has 1 atom stereocenters. The zero-order valence-electron chi connectivity index (χ0n) is 12.6. The molecule has 1 aliphatic rings. The SMILES string of the molecule is CN1CCC(OC(=O)C(N)(CO)c2ccccc2)CC1.Cl.Cl. The monoisotopic (exact) mass is 350 g/mol. The van der Waals surface area contributed by atoms with Gasteiger partial charge in [0.05, 0.1) is 6.61 Å². The summed E-state index contributed by atoms with van der Waals surface area (Å²) < 4.78 is 5.50. The second-order valence-electron chi connectivity index (χ2n) is 5.40. The predicted octanol–water partition coefficient (Wildman–Crippen LogP) is 1.31. The van der Waals surface area contributed by atoms with E-state index in [9.17, 15) is 9.90 Å². The van der Waals surface area contributed by atoms with Crippen molar-refractivity contribution in [3.63, 3.8) is 0 Å². The summed E-state index contributed by atoms with van der Waals surface area (Å²) in [7, 11) is 2.04. The van der Waals surface area contributed by atoms with E-state index in [0.717, 1.165) is 25.9 Å². The summed E-state index contributed by atoms with van der Waals surface area (Å²) >= 11 is 0. The minimum Gasteiger partial charge on any atom is -0.461 e. The number of aliphatic hydroxyl groups is 1. The number of esters is 1. The molecule has 0 amide bonds. The molecule has 1 aromatic carbocycles. The lowest BCUT2D eigenvalue weighted by Crippen LogP contribution is -2.51. The van der Waals surface area contributed by atoms with E-state index < -0.39 is 18.1 Å². The van der Waals surface area contributed by atoms with E-state index in [0.29, 0.717) is 5.56 Å². The van der Waals surface area contributed by atoms with Crippen molar-refractivity contribution in [2.45, 2.75) is 24.5 Å². The molecule has 1 aromatic rings. The molecule has 1 unspecified atom stereocenters. The van der Waals surface area contributed by atoms with Crippen molar-refractivity contribution in [3.8, 4) is 0 Å². The topological polar surface area (TPSA) is 75.8 Å². The molecule has 0 radical (unpaired) electrons. The number of rotatable bonds is 4. The number of benzene rings is 1. The highest BCUT2D eigenvalue weighted by Crippen LogP contribution is 2.22. The van der Waals surface area contributed by atoms with Crippen molar-refractivity contribution in [1.82, 2.24) is 4.90 Å². The van der Waals surface area contributed by atoms with Crippen LogP contribution in [0.25, 0.3) is 0 Å². The molecule has 5 nitrogen and oxygen atoms in total. The highest BCUT2D eigenvalue weighted by molar-refractivity contribution is 5.85. The van der Waals surface area contributed by atoms with Crippen molar-refractivity contribution >= 4 is 30.8 Å². The van der Waals surface area contributed by atoms with Crippen molar-refractivity contribution in [1.29, 1.82) is 0 Å². The van der Waals surface area contributed by atoms with Gasteiger partial charge in [0.2, 0.25) is 0 Å². The Morgan fingerprint density at radius 3 is 2.36 bits per heavy atom. The van der Waals surface area contributed by atoms with Gasteiger partial charge in [-0.25, -0.2) is 4.79 Å². The lowest BCUT2D eigenvalue weighted by atomic mass is 9.92. The van der Waals surface area contributed by atoms with Gasteiger partial charge in [-0.2, -0.15) is 0 Å². The van der Waals surface area contributed by atoms with Crippen LogP contribution in [0, 0.1) is 0 Å². The zero-order valence-corrected chi connectivity index (χ0v) is 14.2. The number of nitrogens with two attached hydrogens (primary N) is 1. The molecule has 0 aliphatic carbocycles. The van der Waals surface area contributed by atoms with Gasteiger partial charge in [0, 0.05) is 13.1 Å². The molecule has 7 heteroatoms. The number of likely N-dealkylation sites (tertiary alicyclic amines) is 1. The van der Waals surface area contributed by atoms with Gasteiger partial charge in [0.25, 0.3) is 0 Å². The number of carbonyl (C=O) groups excluding carboxylic acids is 1. The molecule has 2 rings (SSSR count). The normalized spacial score (nSPS) is 18.5. The molecule has 0 bridgehead atoms. The first-order chi connectivity index (χ1) is 9.56. The summed E-state index contributed by atoms with van der Waals surface area (Å²) in [5, 5.41) is 9.55. The van der Waals surface area contributed by atoms with Gasteiger partial charge >= 0.3 is 5.97 Å². The van der Waals surface area contributed by atoms with Crippen LogP contribution < -0.4 is 5.73 Å². The third kappa shape index (κ3) is 4.83. The Morgan fingerprint density at radius 1 is 1.32 bits per heavy atom. The van der Waals surface area contributed by atoms with Crippen LogP contribution in [0.4, 0.5) is 0 Å². The first-order valence-electron chi connectivity index (χ1n) is 6.91. The largest absolute Gasteiger partial charge is 0.461 e. The molecule has 0 aromatic heterocycles. The van der Waals surface area contributed by atoms with Crippen LogP contribution in [-0.4, -0.2) is 48.8 Å². The Bertz CT molecular complexity index is 453. The lowest BCUT2D eigenvalue weighted by molar-refractivity contribution is -0.160. The summed E-state index contributed by atoms with van der Waals surface area (Å²) in [5.74, 6) is -0.555. The van der Waals surface area contributed by atoms with E-state index >= 15 is 0 Å². The van der Waals surface area contributed by atoms with Gasteiger partial charge in [0.15, 0.2) is 5.54 Å². The summed E-state index contributed by atoms with van der Waals surface area (Å²) in [4.78, 5) is 14.5. The average Bonchev–Trinajstić information content (AvgIpc) is 2.49. The molecule has 0 saturated carbocycles. The fraction of sp³-hybridized carbons (Fsp3) is 0.533. The maximum atomic E-state index is 12.3. The Kier molecular flexibility index (Phi) is 8.96. The van der Waals surface area contributed by atoms with Gasteiger partial charge < -0.3 is 20.5 Å². The molecular weight excluding hydrogens is 327 g/mol. The zero-order chi connectivity index (χ0) is 14.6. The van der Waals surface area contributed by atoms with Crippen molar-refractivity contribution < 1.29 is 14.6 Å². The molecule has 22 heavy (non-hydrogen) atoms. The minimum absolute atomic E-state index is 0. The highest BCUT2D eigenvalue weighted by Gasteiger charge is 2.38. The molecule has 126 valence electrons. The van der Waals surface area contributed by atoms with E-state index in [1.165, 1.54) is 0 Å². The second kappa shape index (κ2) is 9.33. The van der Waals surface area contributed by atoms with Crippen molar-refractivity contribution in [3.05, 3.63) is 35.9 Å². The summed E-state index contributed by atoms with van der Waals surface area (Å²) in [6, 6.07) is 8.87. The molecule has 1 saturated heterocycles. The average molecular weight is 351 g/mol. The Hall–Kier alpha value is -0.850. The van der Waals surface area contributed by atoms with Crippen LogP contribution in [0.5, 0.6) is 0 Å². The molecule has 0 spiro atoms. The van der Waals surface area contributed by atoms with Crippen molar-refractivity contribution in [2.75, 3.05) is 26.7 Å². The van der Waals surface area contributed by atoms with Gasteiger partial charge in [-0.05, 0) is 25.5 Å². The number of hydrogen-bond donors (Lipinski definition) is 2. The van der Waals surface area contributed by atoms with Gasteiger partial charge in [-0.15, -0.1) is 24.8 Å². The Labute approximate surface area is 143 Å². The predicted molar refractivity (Wildman–Crippen MR) is 90.5 cm³/mol.